The van der Waals surface area contributed by atoms with Crippen LogP contribution in [0.5, 0.6) is 0 Å². The lowest BCUT2D eigenvalue weighted by atomic mass is 9.99. The average molecular weight is 1470 g/mol. The molecule has 19 heteroatoms. The molecule has 0 aromatic carbocycles. The van der Waals surface area contributed by atoms with Crippen molar-refractivity contribution >= 4 is 39.5 Å². The molecular formula is C81H158O17P2. The minimum Gasteiger partial charge on any atom is -0.462 e. The van der Waals surface area contributed by atoms with Crippen LogP contribution in [0.15, 0.2) is 0 Å². The molecular weight excluding hydrogens is 1310 g/mol. The van der Waals surface area contributed by atoms with Gasteiger partial charge in [-0.3, -0.25) is 37.3 Å². The Morgan fingerprint density at radius 3 is 0.710 bits per heavy atom. The van der Waals surface area contributed by atoms with Crippen LogP contribution in [0.4, 0.5) is 0 Å². The maximum Gasteiger partial charge on any atom is 0.472 e. The van der Waals surface area contributed by atoms with Gasteiger partial charge in [0, 0.05) is 25.7 Å². The summed E-state index contributed by atoms with van der Waals surface area (Å²) in [6, 6.07) is 0. The molecule has 0 rings (SSSR count). The molecule has 0 aliphatic carbocycles. The van der Waals surface area contributed by atoms with E-state index in [1.165, 1.54) is 212 Å². The minimum atomic E-state index is -4.96. The SMILES string of the molecule is CCC(C)CCCCCCCCCCCCCCCCCCCCC(=O)OC[C@H](COP(=O)(O)OC[C@@H](O)COP(=O)(O)OC[C@@H](COC(=O)CCCCCCCCC(C)C)OC(=O)CCCCCCCCCCCCCC(C)C)OC(=O)CCCCCCCCCCCCCCC(C)C. The predicted octanol–water partition coefficient (Wildman–Crippen LogP) is 24.0. The van der Waals surface area contributed by atoms with Gasteiger partial charge in [-0.1, -0.05) is 364 Å². The molecule has 3 N–H and O–H groups in total. The number of phosphoric acid groups is 2. The molecule has 17 nitrogen and oxygen atoms in total. The number of rotatable bonds is 78. The number of aliphatic hydroxyl groups is 1. The number of phosphoric ester groups is 2. The van der Waals surface area contributed by atoms with Crippen LogP contribution in [0.2, 0.25) is 0 Å². The van der Waals surface area contributed by atoms with Crippen molar-refractivity contribution in [3.63, 3.8) is 0 Å². The van der Waals surface area contributed by atoms with E-state index >= 15 is 0 Å². The third-order valence-corrected chi connectivity index (χ3v) is 21.1. The van der Waals surface area contributed by atoms with Crippen molar-refractivity contribution in [2.45, 2.75) is 433 Å². The summed E-state index contributed by atoms with van der Waals surface area (Å²) < 4.78 is 68.6. The Kier molecular flexibility index (Phi) is 68.7. The maximum atomic E-state index is 13.1. The van der Waals surface area contributed by atoms with Crippen LogP contribution in [0.25, 0.3) is 0 Å². The number of esters is 4. The van der Waals surface area contributed by atoms with E-state index in [4.69, 9.17) is 37.0 Å². The highest BCUT2D eigenvalue weighted by molar-refractivity contribution is 7.47. The van der Waals surface area contributed by atoms with Gasteiger partial charge in [0.1, 0.15) is 19.3 Å². The van der Waals surface area contributed by atoms with Gasteiger partial charge < -0.3 is 33.8 Å². The molecule has 100 heavy (non-hydrogen) atoms. The molecule has 0 aliphatic rings. The molecule has 0 aromatic rings. The fourth-order valence-electron chi connectivity index (χ4n) is 12.4. The van der Waals surface area contributed by atoms with Crippen molar-refractivity contribution < 1.29 is 80.2 Å². The van der Waals surface area contributed by atoms with E-state index in [0.29, 0.717) is 31.6 Å². The lowest BCUT2D eigenvalue weighted by Gasteiger charge is -2.21. The topological polar surface area (TPSA) is 237 Å². The van der Waals surface area contributed by atoms with E-state index in [1.807, 2.05) is 0 Å². The zero-order valence-corrected chi connectivity index (χ0v) is 67.6. The molecule has 3 unspecified atom stereocenters. The Morgan fingerprint density at radius 1 is 0.280 bits per heavy atom. The standard InChI is InChI=1S/C81H158O17P2/c1-9-74(8)60-52-44-35-29-23-16-14-12-10-11-13-15-17-24-30-36-45-53-61-78(83)91-67-76(97-80(85)63-55-47-37-31-25-19-18-21-27-33-41-49-57-71(2)3)69-95-99(87,88)93-65-75(82)66-94-100(89,90)96-70-77(68-92-79(84)62-54-46-40-39-43-51-59-73(6)7)98-81(86)64-56-48-38-32-26-20-22-28-34-42-50-58-72(4)5/h71-77,82H,9-70H2,1-8H3,(H,87,88)(H,89,90)/t74?,75-,76-,77-/m1/s1. The second-order valence-corrected chi connectivity index (χ2v) is 33.7. The minimum absolute atomic E-state index is 0.105. The number of aliphatic hydroxyl groups excluding tert-OH is 1. The predicted molar refractivity (Wildman–Crippen MR) is 409 cm³/mol. The highest BCUT2D eigenvalue weighted by Crippen LogP contribution is 2.45. The first-order valence-electron chi connectivity index (χ1n) is 41.7. The molecule has 0 saturated carbocycles. The molecule has 0 heterocycles. The molecule has 594 valence electrons. The van der Waals surface area contributed by atoms with E-state index in [0.717, 1.165) is 114 Å². The fourth-order valence-corrected chi connectivity index (χ4v) is 14.0. The van der Waals surface area contributed by atoms with E-state index in [9.17, 15) is 43.2 Å². The van der Waals surface area contributed by atoms with Crippen LogP contribution >= 0.6 is 15.6 Å². The monoisotopic (exact) mass is 1470 g/mol. The molecule has 0 amide bonds. The number of hydrogen-bond acceptors (Lipinski definition) is 15. The van der Waals surface area contributed by atoms with Gasteiger partial charge in [-0.05, 0) is 49.4 Å². The van der Waals surface area contributed by atoms with Crippen LogP contribution in [0.1, 0.15) is 415 Å². The van der Waals surface area contributed by atoms with Crippen LogP contribution in [0.3, 0.4) is 0 Å². The zero-order valence-electron chi connectivity index (χ0n) is 65.8. The molecule has 0 spiro atoms. The second-order valence-electron chi connectivity index (χ2n) is 30.8. The first-order valence-corrected chi connectivity index (χ1v) is 44.7. The summed E-state index contributed by atoms with van der Waals surface area (Å²) in [5, 5.41) is 10.6. The third kappa shape index (κ3) is 73.0. The Balaban J connectivity index is 5.19. The molecule has 6 atom stereocenters. The van der Waals surface area contributed by atoms with Crippen molar-refractivity contribution in [3.8, 4) is 0 Å². The highest BCUT2D eigenvalue weighted by atomic mass is 31.2. The molecule has 0 saturated heterocycles. The molecule has 0 radical (unpaired) electrons. The maximum absolute atomic E-state index is 13.1. The lowest BCUT2D eigenvalue weighted by Crippen LogP contribution is -2.30. The van der Waals surface area contributed by atoms with Crippen molar-refractivity contribution in [3.05, 3.63) is 0 Å². The molecule has 0 aliphatic heterocycles. The van der Waals surface area contributed by atoms with Gasteiger partial charge in [-0.2, -0.15) is 0 Å². The molecule has 0 bridgehead atoms. The van der Waals surface area contributed by atoms with E-state index in [1.54, 1.807) is 0 Å². The van der Waals surface area contributed by atoms with Gasteiger partial charge in [0.05, 0.1) is 26.4 Å². The van der Waals surface area contributed by atoms with E-state index in [2.05, 4.69) is 55.4 Å². The summed E-state index contributed by atoms with van der Waals surface area (Å²) in [5.74, 6) is 0.978. The number of carbonyl (C=O) groups is 4. The summed E-state index contributed by atoms with van der Waals surface area (Å²) >= 11 is 0. The Morgan fingerprint density at radius 2 is 0.480 bits per heavy atom. The number of unbranched alkanes of at least 4 members (excludes halogenated alkanes) is 43. The molecule has 0 aromatic heterocycles. The van der Waals surface area contributed by atoms with Crippen LogP contribution in [-0.4, -0.2) is 96.7 Å². The second kappa shape index (κ2) is 70.1. The Labute approximate surface area is 613 Å². The van der Waals surface area contributed by atoms with Crippen molar-refractivity contribution in [1.29, 1.82) is 0 Å². The average Bonchev–Trinajstić information content (AvgIpc) is 0.925. The van der Waals surface area contributed by atoms with Crippen molar-refractivity contribution in [1.82, 2.24) is 0 Å². The van der Waals surface area contributed by atoms with Crippen LogP contribution < -0.4 is 0 Å². The largest absolute Gasteiger partial charge is 0.472 e. The fraction of sp³-hybridized carbons (Fsp3) is 0.951. The van der Waals surface area contributed by atoms with Gasteiger partial charge in [-0.15, -0.1) is 0 Å². The third-order valence-electron chi connectivity index (χ3n) is 19.2. The van der Waals surface area contributed by atoms with Gasteiger partial charge in [0.2, 0.25) is 0 Å². The summed E-state index contributed by atoms with van der Waals surface area (Å²) in [5.41, 5.74) is 0. The summed E-state index contributed by atoms with van der Waals surface area (Å²) in [7, 11) is -9.92. The Bertz CT molecular complexity index is 1960. The van der Waals surface area contributed by atoms with Gasteiger partial charge in [0.15, 0.2) is 12.2 Å². The number of carbonyl (C=O) groups excluding carboxylic acids is 4. The first-order chi connectivity index (χ1) is 48.1. The lowest BCUT2D eigenvalue weighted by molar-refractivity contribution is -0.161. The smallest absolute Gasteiger partial charge is 0.462 e. The van der Waals surface area contributed by atoms with E-state index < -0.39 is 97.5 Å². The van der Waals surface area contributed by atoms with Crippen LogP contribution in [0, 0.1) is 23.7 Å². The zero-order chi connectivity index (χ0) is 73.8. The van der Waals surface area contributed by atoms with Gasteiger partial charge in [-0.25, -0.2) is 9.13 Å². The van der Waals surface area contributed by atoms with Crippen molar-refractivity contribution in [2.75, 3.05) is 39.6 Å². The number of ether oxygens (including phenoxy) is 4. The summed E-state index contributed by atoms with van der Waals surface area (Å²) in [4.78, 5) is 72.9. The molecule has 0 fully saturated rings. The Hall–Kier alpha value is -1.94. The number of hydrogen-bond donors (Lipinski definition) is 3. The highest BCUT2D eigenvalue weighted by Gasteiger charge is 2.30. The summed E-state index contributed by atoms with van der Waals surface area (Å²) in [6.45, 7) is 14.2. The van der Waals surface area contributed by atoms with Gasteiger partial charge >= 0.3 is 39.5 Å². The van der Waals surface area contributed by atoms with E-state index in [-0.39, 0.29) is 25.7 Å². The van der Waals surface area contributed by atoms with Crippen molar-refractivity contribution in [2.24, 2.45) is 23.7 Å². The van der Waals surface area contributed by atoms with Gasteiger partial charge in [0.25, 0.3) is 0 Å². The summed E-state index contributed by atoms with van der Waals surface area (Å²) in [6.07, 6.45) is 57.1. The van der Waals surface area contributed by atoms with Crippen LogP contribution in [-0.2, 0) is 65.4 Å². The normalized spacial score (nSPS) is 14.3. The quantitative estimate of drug-likeness (QED) is 0.0222. The first kappa shape index (κ1) is 98.1.